The topological polar surface area (TPSA) is 54.7 Å². The number of ether oxygens (including phenoxy) is 1. The van der Waals surface area contributed by atoms with Gasteiger partial charge in [-0.05, 0) is 20.3 Å². The van der Waals surface area contributed by atoms with Crippen molar-refractivity contribution in [3.63, 3.8) is 0 Å². The molecule has 2 unspecified atom stereocenters. The van der Waals surface area contributed by atoms with E-state index < -0.39 is 0 Å². The maximum atomic E-state index is 5.81. The summed E-state index contributed by atoms with van der Waals surface area (Å²) in [6.45, 7) is 8.96. The Morgan fingerprint density at radius 1 is 1.33 bits per heavy atom. The highest BCUT2D eigenvalue weighted by atomic mass is 16.5. The van der Waals surface area contributed by atoms with Gasteiger partial charge in [0.2, 0.25) is 0 Å². The molecule has 0 bridgehead atoms. The van der Waals surface area contributed by atoms with Crippen molar-refractivity contribution in [2.24, 2.45) is 0 Å². The average molecular weight is 289 g/mol. The second-order valence-electron chi connectivity index (χ2n) is 5.70. The first-order valence-electron chi connectivity index (χ1n) is 7.65. The Labute approximate surface area is 125 Å². The number of hydrogen-bond acceptors (Lipinski definition) is 5. The number of anilines is 2. The van der Waals surface area contributed by atoms with E-state index in [1.54, 1.807) is 0 Å². The first kappa shape index (κ1) is 14.1. The highest BCUT2D eigenvalue weighted by Crippen LogP contribution is 2.24. The Morgan fingerprint density at radius 3 is 2.81 bits per heavy atom. The van der Waals surface area contributed by atoms with Crippen molar-refractivity contribution in [1.82, 2.24) is 14.4 Å². The number of morpholine rings is 1. The Balaban J connectivity index is 1.97. The van der Waals surface area contributed by atoms with E-state index in [2.05, 4.69) is 36.0 Å². The van der Waals surface area contributed by atoms with Gasteiger partial charge in [-0.1, -0.05) is 6.92 Å². The third kappa shape index (κ3) is 2.95. The highest BCUT2D eigenvalue weighted by molar-refractivity contribution is 5.67. The summed E-state index contributed by atoms with van der Waals surface area (Å²) in [6, 6.07) is 0. The van der Waals surface area contributed by atoms with Crippen LogP contribution in [0.25, 0.3) is 5.65 Å². The molecule has 0 aromatic carbocycles. The van der Waals surface area contributed by atoms with E-state index in [0.29, 0.717) is 0 Å². The summed E-state index contributed by atoms with van der Waals surface area (Å²) in [5.41, 5.74) is 0.901. The molecule has 0 aliphatic carbocycles. The number of nitrogens with zero attached hydrogens (tertiary/aromatic N) is 4. The van der Waals surface area contributed by atoms with Gasteiger partial charge in [0.1, 0.15) is 5.82 Å². The van der Waals surface area contributed by atoms with Crippen molar-refractivity contribution < 1.29 is 4.74 Å². The fourth-order valence-electron chi connectivity index (χ4n) is 2.82. The molecule has 114 valence electrons. The smallest absolute Gasteiger partial charge is 0.180 e. The van der Waals surface area contributed by atoms with Gasteiger partial charge in [-0.3, -0.25) is 0 Å². The van der Waals surface area contributed by atoms with Crippen LogP contribution in [0.5, 0.6) is 0 Å². The normalized spacial score (nSPS) is 22.7. The fraction of sp³-hybridized carbons (Fsp3) is 0.600. The van der Waals surface area contributed by atoms with E-state index in [-0.39, 0.29) is 12.2 Å². The molecule has 21 heavy (non-hydrogen) atoms. The van der Waals surface area contributed by atoms with Gasteiger partial charge in [0.25, 0.3) is 0 Å². The molecule has 0 saturated carbocycles. The predicted octanol–water partition coefficient (Wildman–Crippen LogP) is 2.16. The lowest BCUT2D eigenvalue weighted by atomic mass is 10.2. The lowest BCUT2D eigenvalue weighted by molar-refractivity contribution is -0.00539. The van der Waals surface area contributed by atoms with Gasteiger partial charge in [0.05, 0.1) is 18.4 Å². The van der Waals surface area contributed by atoms with E-state index in [0.717, 1.165) is 43.3 Å². The van der Waals surface area contributed by atoms with E-state index in [9.17, 15) is 0 Å². The van der Waals surface area contributed by atoms with Crippen LogP contribution in [0.2, 0.25) is 0 Å². The van der Waals surface area contributed by atoms with Crippen molar-refractivity contribution >= 4 is 17.3 Å². The minimum atomic E-state index is 0.206. The number of imidazole rings is 1. The summed E-state index contributed by atoms with van der Waals surface area (Å²) in [7, 11) is 0. The molecule has 6 nitrogen and oxygen atoms in total. The molecule has 6 heteroatoms. The first-order valence-corrected chi connectivity index (χ1v) is 7.65. The Hall–Kier alpha value is -1.82. The van der Waals surface area contributed by atoms with Crippen molar-refractivity contribution in [2.45, 2.75) is 39.4 Å². The van der Waals surface area contributed by atoms with Gasteiger partial charge < -0.3 is 19.4 Å². The summed E-state index contributed by atoms with van der Waals surface area (Å²) in [4.78, 5) is 11.5. The third-order valence-corrected chi connectivity index (χ3v) is 3.63. The Morgan fingerprint density at radius 2 is 2.10 bits per heavy atom. The zero-order chi connectivity index (χ0) is 14.8. The van der Waals surface area contributed by atoms with Crippen LogP contribution in [0.1, 0.15) is 27.2 Å². The van der Waals surface area contributed by atoms with Gasteiger partial charge in [0, 0.05) is 32.0 Å². The minimum absolute atomic E-state index is 0.206. The van der Waals surface area contributed by atoms with Crippen LogP contribution in [0, 0.1) is 0 Å². The van der Waals surface area contributed by atoms with E-state index in [1.807, 2.05) is 23.0 Å². The number of rotatable bonds is 4. The molecule has 1 N–H and O–H groups in total. The SMILES string of the molecule is CCCNc1cn2ccnc2c(N2CC(C)OC(C)C2)n1. The number of fused-ring (bicyclic) bond motifs is 1. The predicted molar refractivity (Wildman–Crippen MR) is 84.0 cm³/mol. The molecule has 1 aliphatic rings. The van der Waals surface area contributed by atoms with Gasteiger partial charge >= 0.3 is 0 Å². The zero-order valence-corrected chi connectivity index (χ0v) is 12.9. The van der Waals surface area contributed by atoms with Crippen molar-refractivity contribution in [3.05, 3.63) is 18.6 Å². The molecule has 1 aliphatic heterocycles. The molecule has 2 aromatic rings. The lowest BCUT2D eigenvalue weighted by Gasteiger charge is -2.36. The van der Waals surface area contributed by atoms with E-state index >= 15 is 0 Å². The average Bonchev–Trinajstić information content (AvgIpc) is 2.91. The molecular formula is C15H23N5O. The monoisotopic (exact) mass is 289 g/mol. The Kier molecular flexibility index (Phi) is 3.96. The fourth-order valence-corrected chi connectivity index (χ4v) is 2.82. The van der Waals surface area contributed by atoms with Crippen LogP contribution in [-0.4, -0.2) is 46.2 Å². The molecule has 1 fully saturated rings. The summed E-state index contributed by atoms with van der Waals surface area (Å²) in [6.07, 6.45) is 7.26. The molecule has 0 radical (unpaired) electrons. The van der Waals surface area contributed by atoms with Crippen LogP contribution >= 0.6 is 0 Å². The van der Waals surface area contributed by atoms with Gasteiger partial charge in [-0.2, -0.15) is 0 Å². The summed E-state index contributed by atoms with van der Waals surface area (Å²) < 4.78 is 7.85. The van der Waals surface area contributed by atoms with Crippen LogP contribution in [0.15, 0.2) is 18.6 Å². The molecule has 3 heterocycles. The van der Waals surface area contributed by atoms with Crippen molar-refractivity contribution in [2.75, 3.05) is 29.9 Å². The van der Waals surface area contributed by atoms with Crippen molar-refractivity contribution in [1.29, 1.82) is 0 Å². The van der Waals surface area contributed by atoms with Crippen LogP contribution in [0.3, 0.4) is 0 Å². The summed E-state index contributed by atoms with van der Waals surface area (Å²) in [5, 5.41) is 3.36. The van der Waals surface area contributed by atoms with E-state index in [1.165, 1.54) is 0 Å². The third-order valence-electron chi connectivity index (χ3n) is 3.63. The van der Waals surface area contributed by atoms with Crippen molar-refractivity contribution in [3.8, 4) is 0 Å². The van der Waals surface area contributed by atoms with Gasteiger partial charge in [-0.25, -0.2) is 9.97 Å². The van der Waals surface area contributed by atoms with Gasteiger partial charge in [0.15, 0.2) is 11.5 Å². The van der Waals surface area contributed by atoms with Gasteiger partial charge in [-0.15, -0.1) is 0 Å². The lowest BCUT2D eigenvalue weighted by Crippen LogP contribution is -2.46. The quantitative estimate of drug-likeness (QED) is 0.935. The highest BCUT2D eigenvalue weighted by Gasteiger charge is 2.25. The Bertz CT molecular complexity index is 601. The standard InChI is InChI=1S/C15H23N5O/c1-4-5-16-13-10-19-7-6-17-14(19)15(18-13)20-8-11(2)21-12(3)9-20/h6-7,10-12,16H,4-5,8-9H2,1-3H3. The number of aromatic nitrogens is 3. The summed E-state index contributed by atoms with van der Waals surface area (Å²) in [5.74, 6) is 1.83. The van der Waals surface area contributed by atoms with E-state index in [4.69, 9.17) is 9.72 Å². The zero-order valence-electron chi connectivity index (χ0n) is 12.9. The second kappa shape index (κ2) is 5.89. The second-order valence-corrected chi connectivity index (χ2v) is 5.70. The molecule has 2 atom stereocenters. The summed E-state index contributed by atoms with van der Waals surface area (Å²) >= 11 is 0. The molecular weight excluding hydrogens is 266 g/mol. The molecule has 0 spiro atoms. The molecule has 1 saturated heterocycles. The molecule has 2 aromatic heterocycles. The molecule has 0 amide bonds. The first-order chi connectivity index (χ1) is 10.2. The van der Waals surface area contributed by atoms with Crippen LogP contribution < -0.4 is 10.2 Å². The number of hydrogen-bond donors (Lipinski definition) is 1. The maximum absolute atomic E-state index is 5.81. The number of nitrogens with one attached hydrogen (secondary N) is 1. The van der Waals surface area contributed by atoms with Crippen LogP contribution in [0.4, 0.5) is 11.6 Å². The minimum Gasteiger partial charge on any atom is -0.372 e. The maximum Gasteiger partial charge on any atom is 0.180 e. The van der Waals surface area contributed by atoms with Crippen LogP contribution in [-0.2, 0) is 4.74 Å². The largest absolute Gasteiger partial charge is 0.372 e. The molecule has 3 rings (SSSR count).